The third-order valence-corrected chi connectivity index (χ3v) is 5.87. The second kappa shape index (κ2) is 7.93. The van der Waals surface area contributed by atoms with E-state index in [1.165, 1.54) is 0 Å². The fraction of sp³-hybridized carbons (Fsp3) is 0.571. The zero-order valence-corrected chi connectivity index (χ0v) is 17.3. The number of hydrogen-bond acceptors (Lipinski definition) is 5. The van der Waals surface area contributed by atoms with Gasteiger partial charge in [-0.1, -0.05) is 13.8 Å². The Kier molecular flexibility index (Phi) is 5.34. The Hall–Kier alpha value is -2.77. The molecule has 0 saturated carbocycles. The summed E-state index contributed by atoms with van der Waals surface area (Å²) in [6.07, 6.45) is 7.13. The van der Waals surface area contributed by atoms with Gasteiger partial charge in [-0.25, -0.2) is 15.0 Å². The van der Waals surface area contributed by atoms with Gasteiger partial charge >= 0.3 is 0 Å². The van der Waals surface area contributed by atoms with Gasteiger partial charge in [-0.15, -0.1) is 0 Å². The molecule has 2 amide bonds. The highest BCUT2D eigenvalue weighted by Crippen LogP contribution is 2.26. The topological polar surface area (TPSA) is 84.2 Å². The molecule has 0 bridgehead atoms. The van der Waals surface area contributed by atoms with Crippen molar-refractivity contribution in [2.24, 2.45) is 0 Å². The molecule has 2 aromatic rings. The predicted molar refractivity (Wildman–Crippen MR) is 107 cm³/mol. The number of carbonyl (C=O) groups is 2. The zero-order chi connectivity index (χ0) is 20.5. The fourth-order valence-corrected chi connectivity index (χ4v) is 4.20. The molecule has 1 unspecified atom stereocenters. The second-order valence-electron chi connectivity index (χ2n) is 8.28. The maximum atomic E-state index is 12.8. The van der Waals surface area contributed by atoms with Crippen LogP contribution in [0.1, 0.15) is 61.9 Å². The van der Waals surface area contributed by atoms with Crippen LogP contribution in [0.3, 0.4) is 0 Å². The number of hydrogen-bond donors (Lipinski definition) is 0. The number of likely N-dealkylation sites (tertiary alicyclic amines) is 1. The molecule has 0 radical (unpaired) electrons. The first-order chi connectivity index (χ1) is 13.9. The van der Waals surface area contributed by atoms with Crippen molar-refractivity contribution in [3.05, 3.63) is 41.5 Å². The van der Waals surface area contributed by atoms with Crippen LogP contribution < -0.4 is 0 Å². The van der Waals surface area contributed by atoms with E-state index in [0.717, 1.165) is 42.3 Å². The Morgan fingerprint density at radius 1 is 1.21 bits per heavy atom. The van der Waals surface area contributed by atoms with Gasteiger partial charge in [-0.3, -0.25) is 9.59 Å². The van der Waals surface area contributed by atoms with Crippen LogP contribution in [-0.2, 0) is 29.1 Å². The first-order valence-electron chi connectivity index (χ1n) is 10.3. The van der Waals surface area contributed by atoms with E-state index < -0.39 is 0 Å². The van der Waals surface area contributed by atoms with Crippen LogP contribution in [0.2, 0.25) is 0 Å². The molecule has 8 nitrogen and oxygen atoms in total. The number of rotatable bonds is 4. The molecule has 0 aromatic carbocycles. The standard InChI is InChI=1S/C21H28N6O2/c1-14(2)21-22-6-9-27(21)13-19(29)26-8-5-18-17(12-26)10-23-20(24-18)16-4-7-25(11-16)15(3)28/h6,9-10,14,16H,4-5,7-8,11-13H2,1-3H3. The highest BCUT2D eigenvalue weighted by Gasteiger charge is 2.29. The minimum Gasteiger partial charge on any atom is -0.342 e. The smallest absolute Gasteiger partial charge is 0.242 e. The number of fused-ring (bicyclic) bond motifs is 1. The summed E-state index contributed by atoms with van der Waals surface area (Å²) in [5.74, 6) is 2.44. The quantitative estimate of drug-likeness (QED) is 0.786. The Bertz CT molecular complexity index is 922. The third kappa shape index (κ3) is 4.02. The van der Waals surface area contributed by atoms with Gasteiger partial charge in [0.25, 0.3) is 0 Å². The van der Waals surface area contributed by atoms with Crippen molar-refractivity contribution in [1.82, 2.24) is 29.3 Å². The molecule has 0 aliphatic carbocycles. The van der Waals surface area contributed by atoms with E-state index >= 15 is 0 Å². The van der Waals surface area contributed by atoms with Gasteiger partial charge in [0.2, 0.25) is 11.8 Å². The van der Waals surface area contributed by atoms with Gasteiger partial charge in [0.15, 0.2) is 0 Å². The van der Waals surface area contributed by atoms with Crippen molar-refractivity contribution in [3.63, 3.8) is 0 Å². The molecule has 1 fully saturated rings. The number of amides is 2. The Morgan fingerprint density at radius 2 is 2.03 bits per heavy atom. The minimum absolute atomic E-state index is 0.0903. The highest BCUT2D eigenvalue weighted by atomic mass is 16.2. The molecule has 29 heavy (non-hydrogen) atoms. The molecular weight excluding hydrogens is 368 g/mol. The molecule has 1 saturated heterocycles. The van der Waals surface area contributed by atoms with Gasteiger partial charge in [0.05, 0.1) is 5.69 Å². The van der Waals surface area contributed by atoms with Crippen LogP contribution in [0.5, 0.6) is 0 Å². The van der Waals surface area contributed by atoms with Crippen LogP contribution in [0.15, 0.2) is 18.6 Å². The first kappa shape index (κ1) is 19.5. The summed E-state index contributed by atoms with van der Waals surface area (Å²) < 4.78 is 1.93. The zero-order valence-electron chi connectivity index (χ0n) is 17.3. The SMILES string of the molecule is CC(=O)N1CCC(c2ncc3c(n2)CCN(C(=O)Cn2ccnc2C(C)C)C3)C1. The van der Waals surface area contributed by atoms with Crippen LogP contribution in [0.25, 0.3) is 0 Å². The van der Waals surface area contributed by atoms with Crippen molar-refractivity contribution < 1.29 is 9.59 Å². The van der Waals surface area contributed by atoms with Crippen molar-refractivity contribution in [2.45, 2.75) is 58.5 Å². The van der Waals surface area contributed by atoms with E-state index in [1.807, 2.05) is 26.8 Å². The fourth-order valence-electron chi connectivity index (χ4n) is 4.20. The van der Waals surface area contributed by atoms with Gasteiger partial charge < -0.3 is 14.4 Å². The molecule has 2 aliphatic heterocycles. The van der Waals surface area contributed by atoms with Crippen molar-refractivity contribution in [3.8, 4) is 0 Å². The summed E-state index contributed by atoms with van der Waals surface area (Å²) in [5, 5.41) is 0. The largest absolute Gasteiger partial charge is 0.342 e. The maximum Gasteiger partial charge on any atom is 0.242 e. The lowest BCUT2D eigenvalue weighted by Gasteiger charge is -2.29. The van der Waals surface area contributed by atoms with E-state index in [4.69, 9.17) is 4.98 Å². The molecule has 4 heterocycles. The lowest BCUT2D eigenvalue weighted by molar-refractivity contribution is -0.132. The summed E-state index contributed by atoms with van der Waals surface area (Å²) in [5.41, 5.74) is 2.05. The normalized spacial score (nSPS) is 19.0. The Labute approximate surface area is 171 Å². The number of nitrogens with zero attached hydrogens (tertiary/aromatic N) is 6. The van der Waals surface area contributed by atoms with E-state index in [1.54, 1.807) is 13.1 Å². The number of imidazole rings is 1. The first-order valence-corrected chi connectivity index (χ1v) is 10.3. The van der Waals surface area contributed by atoms with E-state index in [0.29, 0.717) is 26.2 Å². The average molecular weight is 396 g/mol. The lowest BCUT2D eigenvalue weighted by atomic mass is 10.0. The van der Waals surface area contributed by atoms with E-state index in [9.17, 15) is 9.59 Å². The summed E-state index contributed by atoms with van der Waals surface area (Å²) in [6, 6.07) is 0. The summed E-state index contributed by atoms with van der Waals surface area (Å²) >= 11 is 0. The van der Waals surface area contributed by atoms with Crippen LogP contribution in [-0.4, -0.2) is 60.8 Å². The summed E-state index contributed by atoms with van der Waals surface area (Å²) in [6.45, 7) is 8.75. The number of aromatic nitrogens is 4. The Morgan fingerprint density at radius 3 is 2.76 bits per heavy atom. The van der Waals surface area contributed by atoms with Gasteiger partial charge in [-0.2, -0.15) is 0 Å². The van der Waals surface area contributed by atoms with Gasteiger partial charge in [-0.05, 0) is 6.42 Å². The molecule has 154 valence electrons. The molecule has 2 aromatic heterocycles. The molecule has 0 spiro atoms. The molecule has 2 aliphatic rings. The average Bonchev–Trinajstić information content (AvgIpc) is 3.37. The molecule has 4 rings (SSSR count). The van der Waals surface area contributed by atoms with Gasteiger partial charge in [0.1, 0.15) is 18.2 Å². The predicted octanol–water partition coefficient (Wildman–Crippen LogP) is 1.72. The summed E-state index contributed by atoms with van der Waals surface area (Å²) in [4.78, 5) is 41.9. The monoisotopic (exact) mass is 396 g/mol. The van der Waals surface area contributed by atoms with Crippen LogP contribution in [0, 0.1) is 0 Å². The van der Waals surface area contributed by atoms with Crippen molar-refractivity contribution in [1.29, 1.82) is 0 Å². The van der Waals surface area contributed by atoms with E-state index in [-0.39, 0.29) is 23.7 Å². The second-order valence-corrected chi connectivity index (χ2v) is 8.28. The lowest BCUT2D eigenvalue weighted by Crippen LogP contribution is -2.38. The van der Waals surface area contributed by atoms with E-state index in [2.05, 4.69) is 23.8 Å². The van der Waals surface area contributed by atoms with Crippen LogP contribution in [0.4, 0.5) is 0 Å². The Balaban J connectivity index is 1.42. The van der Waals surface area contributed by atoms with Crippen molar-refractivity contribution >= 4 is 11.8 Å². The highest BCUT2D eigenvalue weighted by molar-refractivity contribution is 5.76. The maximum absolute atomic E-state index is 12.8. The molecule has 1 atom stereocenters. The third-order valence-electron chi connectivity index (χ3n) is 5.87. The minimum atomic E-state index is 0.0903. The van der Waals surface area contributed by atoms with Crippen LogP contribution >= 0.6 is 0 Å². The van der Waals surface area contributed by atoms with Crippen molar-refractivity contribution in [2.75, 3.05) is 19.6 Å². The molecule has 8 heteroatoms. The summed E-state index contributed by atoms with van der Waals surface area (Å²) in [7, 11) is 0. The van der Waals surface area contributed by atoms with Gasteiger partial charge in [0, 0.05) is 75.5 Å². The molecule has 0 N–H and O–H groups in total. The number of carbonyl (C=O) groups excluding carboxylic acids is 2. The molecular formula is C21H28N6O2.